The van der Waals surface area contributed by atoms with Gasteiger partial charge in [0.05, 0.1) is 7.11 Å². The Morgan fingerprint density at radius 2 is 1.55 bits per heavy atom. The predicted octanol–water partition coefficient (Wildman–Crippen LogP) is 1.78. The molecule has 0 fully saturated rings. The zero-order valence-corrected chi connectivity index (χ0v) is 11.7. The first kappa shape index (κ1) is 15.7. The number of amides is 2. The number of anilines is 2. The number of hydrogen-bond donors (Lipinski definition) is 2. The van der Waals surface area contributed by atoms with Crippen molar-refractivity contribution in [3.8, 4) is 0 Å². The van der Waals surface area contributed by atoms with Crippen LogP contribution in [0.5, 0.6) is 0 Å². The van der Waals surface area contributed by atoms with E-state index in [-0.39, 0.29) is 18.2 Å². The highest BCUT2D eigenvalue weighted by atomic mass is 16.5. The van der Waals surface area contributed by atoms with Gasteiger partial charge in [0.2, 0.25) is 11.8 Å². The summed E-state index contributed by atoms with van der Waals surface area (Å²) in [4.78, 5) is 33.9. The third-order valence-electron chi connectivity index (χ3n) is 2.49. The van der Waals surface area contributed by atoms with Crippen LogP contribution in [0.25, 0.3) is 0 Å². The molecule has 2 N–H and O–H groups in total. The quantitative estimate of drug-likeness (QED) is 0.635. The lowest BCUT2D eigenvalue weighted by atomic mass is 10.2. The summed E-state index contributed by atoms with van der Waals surface area (Å²) in [6.45, 7) is 3.60. The average molecular weight is 278 g/mol. The molecule has 0 saturated heterocycles. The molecule has 0 bridgehead atoms. The number of esters is 1. The van der Waals surface area contributed by atoms with Gasteiger partial charge in [-0.15, -0.1) is 0 Å². The smallest absolute Gasteiger partial charge is 0.315 e. The third-order valence-corrected chi connectivity index (χ3v) is 2.49. The normalized spacial score (nSPS) is 10.0. The number of ether oxygens (including phenoxy) is 1. The predicted molar refractivity (Wildman–Crippen MR) is 75.2 cm³/mol. The molecule has 0 saturated carbocycles. The molecule has 0 heterocycles. The van der Waals surface area contributed by atoms with Crippen LogP contribution in [0.4, 0.5) is 11.4 Å². The second kappa shape index (κ2) is 7.28. The SMILES string of the molecule is COC(=O)CC(=O)Nc1ccc(NC(=O)C(C)C)cc1. The fraction of sp³-hybridized carbons (Fsp3) is 0.357. The van der Waals surface area contributed by atoms with E-state index in [2.05, 4.69) is 15.4 Å². The molecule has 1 aromatic carbocycles. The van der Waals surface area contributed by atoms with Gasteiger partial charge in [0.15, 0.2) is 0 Å². The van der Waals surface area contributed by atoms with Crippen LogP contribution in [0.2, 0.25) is 0 Å². The molecule has 6 nitrogen and oxygen atoms in total. The molecule has 2 amide bonds. The minimum Gasteiger partial charge on any atom is -0.469 e. The van der Waals surface area contributed by atoms with E-state index in [1.165, 1.54) is 7.11 Å². The van der Waals surface area contributed by atoms with Crippen LogP contribution < -0.4 is 10.6 Å². The maximum atomic E-state index is 11.5. The molecular formula is C14H18N2O4. The number of hydrogen-bond acceptors (Lipinski definition) is 4. The topological polar surface area (TPSA) is 84.5 Å². The summed E-state index contributed by atoms with van der Waals surface area (Å²) in [6.07, 6.45) is -0.331. The van der Waals surface area contributed by atoms with Crippen molar-refractivity contribution in [3.05, 3.63) is 24.3 Å². The fourth-order valence-electron chi connectivity index (χ4n) is 1.33. The molecule has 20 heavy (non-hydrogen) atoms. The van der Waals surface area contributed by atoms with Crippen molar-refractivity contribution in [2.45, 2.75) is 20.3 Å². The van der Waals surface area contributed by atoms with E-state index in [9.17, 15) is 14.4 Å². The molecule has 6 heteroatoms. The van der Waals surface area contributed by atoms with Gasteiger partial charge < -0.3 is 15.4 Å². The first-order chi connectivity index (χ1) is 9.42. The number of carbonyl (C=O) groups excluding carboxylic acids is 3. The van der Waals surface area contributed by atoms with Crippen LogP contribution in [-0.2, 0) is 19.1 Å². The van der Waals surface area contributed by atoms with Gasteiger partial charge in [-0.3, -0.25) is 14.4 Å². The van der Waals surface area contributed by atoms with Crippen molar-refractivity contribution in [3.63, 3.8) is 0 Å². The van der Waals surface area contributed by atoms with E-state index in [1.54, 1.807) is 38.1 Å². The van der Waals surface area contributed by atoms with Crippen LogP contribution >= 0.6 is 0 Å². The van der Waals surface area contributed by atoms with E-state index in [0.717, 1.165) is 0 Å². The zero-order valence-electron chi connectivity index (χ0n) is 11.7. The van der Waals surface area contributed by atoms with Gasteiger partial charge in [-0.1, -0.05) is 13.8 Å². The van der Waals surface area contributed by atoms with Gasteiger partial charge in [-0.2, -0.15) is 0 Å². The molecule has 1 rings (SSSR count). The highest BCUT2D eigenvalue weighted by molar-refractivity contribution is 6.02. The van der Waals surface area contributed by atoms with E-state index in [1.807, 2.05) is 0 Å². The molecule has 0 spiro atoms. The maximum absolute atomic E-state index is 11.5. The molecule has 0 unspecified atom stereocenters. The standard InChI is InChI=1S/C14H18N2O4/c1-9(2)14(19)16-11-6-4-10(5-7-11)15-12(17)8-13(18)20-3/h4-7,9H,8H2,1-3H3,(H,15,17)(H,16,19). The molecule has 0 aliphatic heterocycles. The molecule has 0 aromatic heterocycles. The van der Waals surface area contributed by atoms with Crippen LogP contribution in [0, 0.1) is 5.92 Å². The lowest BCUT2D eigenvalue weighted by Gasteiger charge is -2.09. The summed E-state index contributed by atoms with van der Waals surface area (Å²) in [5, 5.41) is 5.30. The Bertz CT molecular complexity index is 494. The van der Waals surface area contributed by atoms with Crippen LogP contribution in [0.1, 0.15) is 20.3 Å². The molecule has 0 aliphatic carbocycles. The molecule has 0 aliphatic rings. The van der Waals surface area contributed by atoms with Gasteiger partial charge in [0.1, 0.15) is 6.42 Å². The Labute approximate surface area is 117 Å². The summed E-state index contributed by atoms with van der Waals surface area (Å²) < 4.78 is 4.40. The summed E-state index contributed by atoms with van der Waals surface area (Å²) in [5.41, 5.74) is 1.19. The fourth-order valence-corrected chi connectivity index (χ4v) is 1.33. The van der Waals surface area contributed by atoms with Crippen molar-refractivity contribution in [2.75, 3.05) is 17.7 Å². The Hall–Kier alpha value is -2.37. The maximum Gasteiger partial charge on any atom is 0.315 e. The second-order valence-corrected chi connectivity index (χ2v) is 4.52. The first-order valence-corrected chi connectivity index (χ1v) is 6.20. The lowest BCUT2D eigenvalue weighted by molar-refractivity contribution is -0.142. The second-order valence-electron chi connectivity index (χ2n) is 4.52. The summed E-state index contributed by atoms with van der Waals surface area (Å²) >= 11 is 0. The molecule has 0 atom stereocenters. The Balaban J connectivity index is 2.56. The van der Waals surface area contributed by atoms with Crippen molar-refractivity contribution >= 4 is 29.2 Å². The van der Waals surface area contributed by atoms with E-state index in [4.69, 9.17) is 0 Å². The van der Waals surface area contributed by atoms with E-state index < -0.39 is 11.9 Å². The Kier molecular flexibility index (Phi) is 5.71. The van der Waals surface area contributed by atoms with Gasteiger partial charge in [-0.25, -0.2) is 0 Å². The van der Waals surface area contributed by atoms with Crippen molar-refractivity contribution in [1.82, 2.24) is 0 Å². The number of methoxy groups -OCH3 is 1. The van der Waals surface area contributed by atoms with E-state index in [0.29, 0.717) is 11.4 Å². The van der Waals surface area contributed by atoms with Gasteiger partial charge in [-0.05, 0) is 24.3 Å². The first-order valence-electron chi connectivity index (χ1n) is 6.20. The Morgan fingerprint density at radius 3 is 2.00 bits per heavy atom. The Morgan fingerprint density at radius 1 is 1.05 bits per heavy atom. The van der Waals surface area contributed by atoms with Gasteiger partial charge in [0.25, 0.3) is 0 Å². The largest absolute Gasteiger partial charge is 0.469 e. The summed E-state index contributed by atoms with van der Waals surface area (Å²) in [6, 6.07) is 6.64. The third kappa shape index (κ3) is 5.09. The lowest BCUT2D eigenvalue weighted by Crippen LogP contribution is -2.18. The minimum atomic E-state index is -0.594. The molecule has 108 valence electrons. The molecule has 1 aromatic rings. The minimum absolute atomic E-state index is 0.0764. The highest BCUT2D eigenvalue weighted by Gasteiger charge is 2.10. The average Bonchev–Trinajstić information content (AvgIpc) is 2.40. The number of rotatable bonds is 5. The van der Waals surface area contributed by atoms with Gasteiger partial charge >= 0.3 is 5.97 Å². The van der Waals surface area contributed by atoms with Crippen LogP contribution in [-0.4, -0.2) is 24.9 Å². The summed E-state index contributed by atoms with van der Waals surface area (Å²) in [7, 11) is 1.22. The van der Waals surface area contributed by atoms with E-state index >= 15 is 0 Å². The van der Waals surface area contributed by atoms with Crippen LogP contribution in [0.3, 0.4) is 0 Å². The monoisotopic (exact) mass is 278 g/mol. The molecule has 0 radical (unpaired) electrons. The van der Waals surface area contributed by atoms with Crippen molar-refractivity contribution in [1.29, 1.82) is 0 Å². The number of nitrogens with one attached hydrogen (secondary N) is 2. The van der Waals surface area contributed by atoms with Crippen LogP contribution in [0.15, 0.2) is 24.3 Å². The highest BCUT2D eigenvalue weighted by Crippen LogP contribution is 2.14. The van der Waals surface area contributed by atoms with Crippen molar-refractivity contribution < 1.29 is 19.1 Å². The molecular weight excluding hydrogens is 260 g/mol. The zero-order chi connectivity index (χ0) is 15.1. The number of carbonyl (C=O) groups is 3. The van der Waals surface area contributed by atoms with Gasteiger partial charge in [0, 0.05) is 17.3 Å². The summed E-state index contributed by atoms with van der Waals surface area (Å²) in [5.74, 6) is -1.22. The number of benzene rings is 1. The van der Waals surface area contributed by atoms with Crippen molar-refractivity contribution in [2.24, 2.45) is 5.92 Å².